The molecule has 2 aromatic rings. The van der Waals surface area contributed by atoms with Crippen LogP contribution in [0.2, 0.25) is 0 Å². The number of aliphatic hydroxyl groups excluding tert-OH is 1. The lowest BCUT2D eigenvalue weighted by atomic mass is 9.74. The Labute approximate surface area is 119 Å². The molecule has 1 saturated carbocycles. The molecule has 2 N–H and O–H groups in total. The van der Waals surface area contributed by atoms with Crippen LogP contribution < -0.4 is 5.32 Å². The summed E-state index contributed by atoms with van der Waals surface area (Å²) in [6.07, 6.45) is 10.0. The second-order valence-electron chi connectivity index (χ2n) is 5.60. The highest BCUT2D eigenvalue weighted by Crippen LogP contribution is 2.34. The summed E-state index contributed by atoms with van der Waals surface area (Å²) in [5.41, 5.74) is 2.58. The Balaban J connectivity index is 1.61. The fourth-order valence-electron chi connectivity index (χ4n) is 2.82. The van der Waals surface area contributed by atoms with E-state index in [4.69, 9.17) is 5.11 Å². The highest BCUT2D eigenvalue weighted by Gasteiger charge is 2.35. The molecule has 0 saturated heterocycles. The van der Waals surface area contributed by atoms with E-state index < -0.39 is 0 Å². The predicted octanol–water partition coefficient (Wildman–Crippen LogP) is 2.27. The Hall–Kier alpha value is -1.65. The number of hydrogen-bond donors (Lipinski definition) is 2. The van der Waals surface area contributed by atoms with Gasteiger partial charge in [0.15, 0.2) is 0 Å². The molecule has 1 aromatic heterocycles. The molecule has 1 aliphatic carbocycles. The molecule has 4 heteroatoms. The van der Waals surface area contributed by atoms with Gasteiger partial charge in [0.2, 0.25) is 0 Å². The summed E-state index contributed by atoms with van der Waals surface area (Å²) in [6, 6.07) is 8.51. The van der Waals surface area contributed by atoms with Gasteiger partial charge in [0.05, 0.1) is 6.33 Å². The molecule has 0 radical (unpaired) electrons. The molecule has 1 fully saturated rings. The van der Waals surface area contributed by atoms with Crippen molar-refractivity contribution in [3.63, 3.8) is 0 Å². The molecule has 0 bridgehead atoms. The minimum atomic E-state index is 0.178. The van der Waals surface area contributed by atoms with Gasteiger partial charge in [0.1, 0.15) is 0 Å². The van der Waals surface area contributed by atoms with Crippen LogP contribution in [0.3, 0.4) is 0 Å². The first-order valence-electron chi connectivity index (χ1n) is 7.25. The normalized spacial score (nSPS) is 16.9. The average molecular weight is 271 g/mol. The Morgan fingerprint density at radius 1 is 1.25 bits per heavy atom. The van der Waals surface area contributed by atoms with Gasteiger partial charge < -0.3 is 15.0 Å². The molecule has 4 nitrogen and oxygen atoms in total. The number of rotatable bonds is 6. The highest BCUT2D eigenvalue weighted by molar-refractivity contribution is 5.34. The van der Waals surface area contributed by atoms with Gasteiger partial charge in [-0.25, -0.2) is 4.98 Å². The van der Waals surface area contributed by atoms with Crippen LogP contribution in [0.1, 0.15) is 31.2 Å². The van der Waals surface area contributed by atoms with Crippen molar-refractivity contribution in [2.24, 2.45) is 0 Å². The zero-order valence-electron chi connectivity index (χ0n) is 11.6. The molecule has 20 heavy (non-hydrogen) atoms. The molecular formula is C16H21N3O. The van der Waals surface area contributed by atoms with Gasteiger partial charge in [-0.2, -0.15) is 0 Å². The fourth-order valence-corrected chi connectivity index (χ4v) is 2.82. The Bertz CT molecular complexity index is 529. The van der Waals surface area contributed by atoms with E-state index in [1.165, 1.54) is 24.8 Å². The maximum Gasteiger partial charge on any atom is 0.0991 e. The Kier molecular flexibility index (Phi) is 3.85. The molecule has 0 atom stereocenters. The van der Waals surface area contributed by atoms with Crippen LogP contribution in [-0.4, -0.2) is 26.8 Å². The van der Waals surface area contributed by atoms with Crippen LogP contribution in [-0.2, 0) is 6.54 Å². The van der Waals surface area contributed by atoms with Crippen molar-refractivity contribution in [1.82, 2.24) is 14.9 Å². The average Bonchev–Trinajstić information content (AvgIpc) is 2.96. The molecule has 0 unspecified atom stereocenters. The number of imidazole rings is 1. The summed E-state index contributed by atoms with van der Waals surface area (Å²) in [5, 5.41) is 12.8. The van der Waals surface area contributed by atoms with E-state index in [0.29, 0.717) is 0 Å². The van der Waals surface area contributed by atoms with E-state index in [2.05, 4.69) is 34.6 Å². The van der Waals surface area contributed by atoms with Gasteiger partial charge in [-0.1, -0.05) is 12.1 Å². The van der Waals surface area contributed by atoms with Crippen LogP contribution in [0.25, 0.3) is 5.69 Å². The van der Waals surface area contributed by atoms with Crippen molar-refractivity contribution in [2.75, 3.05) is 6.61 Å². The maximum absolute atomic E-state index is 9.16. The first-order valence-corrected chi connectivity index (χ1v) is 7.25. The molecule has 3 rings (SSSR count). The first kappa shape index (κ1) is 13.3. The third-order valence-corrected chi connectivity index (χ3v) is 4.31. The SMILES string of the molecule is OCCC1(NCc2ccc(-n3ccnc3)cc2)CCC1. The minimum absolute atomic E-state index is 0.178. The topological polar surface area (TPSA) is 50.1 Å². The smallest absolute Gasteiger partial charge is 0.0991 e. The summed E-state index contributed by atoms with van der Waals surface area (Å²) in [7, 11) is 0. The number of hydrogen-bond acceptors (Lipinski definition) is 3. The van der Waals surface area contributed by atoms with E-state index in [0.717, 1.165) is 18.7 Å². The number of nitrogens with zero attached hydrogens (tertiary/aromatic N) is 2. The van der Waals surface area contributed by atoms with Crippen LogP contribution in [0.4, 0.5) is 0 Å². The van der Waals surface area contributed by atoms with Crippen molar-refractivity contribution in [1.29, 1.82) is 0 Å². The van der Waals surface area contributed by atoms with E-state index in [1.807, 2.05) is 10.8 Å². The second-order valence-corrected chi connectivity index (χ2v) is 5.60. The lowest BCUT2D eigenvalue weighted by molar-refractivity contribution is 0.130. The van der Waals surface area contributed by atoms with E-state index in [-0.39, 0.29) is 12.1 Å². The summed E-state index contributed by atoms with van der Waals surface area (Å²) in [4.78, 5) is 4.06. The van der Waals surface area contributed by atoms with Crippen molar-refractivity contribution in [2.45, 2.75) is 37.8 Å². The van der Waals surface area contributed by atoms with E-state index >= 15 is 0 Å². The molecule has 106 valence electrons. The molecule has 0 spiro atoms. The van der Waals surface area contributed by atoms with Crippen molar-refractivity contribution >= 4 is 0 Å². The monoisotopic (exact) mass is 271 g/mol. The standard InChI is InChI=1S/C16H21N3O/c20-11-8-16(6-1-7-16)18-12-14-2-4-15(5-3-14)19-10-9-17-13-19/h2-5,9-10,13,18,20H,1,6-8,11-12H2. The molecule has 1 aromatic carbocycles. The van der Waals surface area contributed by atoms with Crippen LogP contribution >= 0.6 is 0 Å². The molecule has 0 aliphatic heterocycles. The summed E-state index contributed by atoms with van der Waals surface area (Å²) < 4.78 is 2.00. The van der Waals surface area contributed by atoms with Gasteiger partial charge in [-0.3, -0.25) is 0 Å². The summed E-state index contributed by atoms with van der Waals surface area (Å²) in [5.74, 6) is 0. The summed E-state index contributed by atoms with van der Waals surface area (Å²) >= 11 is 0. The number of aliphatic hydroxyl groups is 1. The van der Waals surface area contributed by atoms with E-state index in [1.54, 1.807) is 12.5 Å². The van der Waals surface area contributed by atoms with Gasteiger partial charge in [-0.15, -0.1) is 0 Å². The van der Waals surface area contributed by atoms with Gasteiger partial charge in [0.25, 0.3) is 0 Å². The molecule has 0 amide bonds. The third kappa shape index (κ3) is 2.76. The molecule has 1 heterocycles. The molecule has 1 aliphatic rings. The lowest BCUT2D eigenvalue weighted by Crippen LogP contribution is -2.51. The largest absolute Gasteiger partial charge is 0.396 e. The summed E-state index contributed by atoms with van der Waals surface area (Å²) in [6.45, 7) is 1.14. The van der Waals surface area contributed by atoms with Crippen LogP contribution in [0, 0.1) is 0 Å². The van der Waals surface area contributed by atoms with Crippen molar-refractivity contribution < 1.29 is 5.11 Å². The number of aromatic nitrogens is 2. The maximum atomic E-state index is 9.16. The minimum Gasteiger partial charge on any atom is -0.396 e. The van der Waals surface area contributed by atoms with Crippen LogP contribution in [0.15, 0.2) is 43.0 Å². The molecular weight excluding hydrogens is 250 g/mol. The quantitative estimate of drug-likeness (QED) is 0.847. The Morgan fingerprint density at radius 2 is 2.05 bits per heavy atom. The third-order valence-electron chi connectivity index (χ3n) is 4.31. The van der Waals surface area contributed by atoms with Gasteiger partial charge >= 0.3 is 0 Å². The zero-order valence-corrected chi connectivity index (χ0v) is 11.6. The Morgan fingerprint density at radius 3 is 2.60 bits per heavy atom. The predicted molar refractivity (Wildman–Crippen MR) is 78.7 cm³/mol. The van der Waals surface area contributed by atoms with Gasteiger partial charge in [0, 0.05) is 36.8 Å². The lowest BCUT2D eigenvalue weighted by Gasteiger charge is -2.42. The number of benzene rings is 1. The highest BCUT2D eigenvalue weighted by atomic mass is 16.3. The number of nitrogens with one attached hydrogen (secondary N) is 1. The fraction of sp³-hybridized carbons (Fsp3) is 0.438. The van der Waals surface area contributed by atoms with Gasteiger partial charge in [-0.05, 0) is 43.4 Å². The van der Waals surface area contributed by atoms with Crippen molar-refractivity contribution in [3.8, 4) is 5.69 Å². The second kappa shape index (κ2) is 5.77. The first-order chi connectivity index (χ1) is 9.81. The van der Waals surface area contributed by atoms with Crippen molar-refractivity contribution in [3.05, 3.63) is 48.5 Å². The zero-order chi connectivity index (χ0) is 13.8. The van der Waals surface area contributed by atoms with Crippen LogP contribution in [0.5, 0.6) is 0 Å². The van der Waals surface area contributed by atoms with E-state index in [9.17, 15) is 0 Å².